The molecule has 0 atom stereocenters. The first-order valence-corrected chi connectivity index (χ1v) is 6.25. The molecule has 0 spiro atoms. The molecular weight excluding hydrogens is 268 g/mol. The van der Waals surface area contributed by atoms with E-state index in [9.17, 15) is 9.59 Å². The first kappa shape index (κ1) is 12.9. The van der Waals surface area contributed by atoms with Gasteiger partial charge in [0.15, 0.2) is 11.6 Å². The van der Waals surface area contributed by atoms with E-state index in [0.29, 0.717) is 22.3 Å². The Morgan fingerprint density at radius 3 is 1.19 bits per heavy atom. The van der Waals surface area contributed by atoms with Gasteiger partial charge in [0.1, 0.15) is 0 Å². The van der Waals surface area contributed by atoms with Crippen LogP contribution < -0.4 is 0 Å². The molecule has 0 radical (unpaired) electrons. The highest BCUT2D eigenvalue weighted by Crippen LogP contribution is 2.26. The summed E-state index contributed by atoms with van der Waals surface area (Å²) in [6, 6.07) is 13.9. The average Bonchev–Trinajstić information content (AvgIpc) is 3.12. The number of benzene rings is 2. The van der Waals surface area contributed by atoms with Crippen LogP contribution in [0.3, 0.4) is 0 Å². The van der Waals surface area contributed by atoms with Gasteiger partial charge in [-0.1, -0.05) is 48.5 Å². The van der Waals surface area contributed by atoms with E-state index in [-0.39, 0.29) is 11.6 Å². The van der Waals surface area contributed by atoms with Crippen LogP contribution in [-0.2, 0) is 0 Å². The van der Waals surface area contributed by atoms with Gasteiger partial charge in [-0.3, -0.25) is 9.59 Å². The summed E-state index contributed by atoms with van der Waals surface area (Å²) in [4.78, 5) is 24.2. The van der Waals surface area contributed by atoms with E-state index in [1.807, 2.05) is 0 Å². The highest BCUT2D eigenvalue weighted by atomic mass is 16.3. The minimum Gasteiger partial charge on any atom is -0.431 e. The molecule has 4 rings (SSSR count). The maximum absolute atomic E-state index is 12.1. The van der Waals surface area contributed by atoms with Crippen molar-refractivity contribution in [2.24, 2.45) is 0 Å². The van der Waals surface area contributed by atoms with E-state index < -0.39 is 0 Å². The summed E-state index contributed by atoms with van der Waals surface area (Å²) >= 11 is 0. The van der Waals surface area contributed by atoms with Crippen molar-refractivity contribution >= 4 is 11.6 Å². The maximum atomic E-state index is 12.1. The van der Waals surface area contributed by atoms with Crippen LogP contribution >= 0.6 is 0 Å². The van der Waals surface area contributed by atoms with Crippen molar-refractivity contribution in [1.82, 2.24) is 10.2 Å². The lowest BCUT2D eigenvalue weighted by molar-refractivity contribution is 0.0979. The molecule has 5 heteroatoms. The Bertz CT molecular complexity index is 672. The predicted octanol–water partition coefficient (Wildman–Crippen LogP) is 2.53. The van der Waals surface area contributed by atoms with Crippen molar-refractivity contribution in [2.45, 2.75) is 0 Å². The Morgan fingerprint density at radius 1 is 0.619 bits per heavy atom. The molecule has 0 aliphatic heterocycles. The molecule has 0 unspecified atom stereocenters. The van der Waals surface area contributed by atoms with Gasteiger partial charge in [-0.05, 0) is 0 Å². The van der Waals surface area contributed by atoms with Gasteiger partial charge in [0, 0.05) is 22.3 Å². The van der Waals surface area contributed by atoms with Crippen molar-refractivity contribution in [2.75, 3.05) is 0 Å². The van der Waals surface area contributed by atoms with Crippen LogP contribution in [0.25, 0.3) is 0 Å². The van der Waals surface area contributed by atoms with Crippen LogP contribution in [-0.4, -0.2) is 21.8 Å². The van der Waals surface area contributed by atoms with Crippen LogP contribution in [0.15, 0.2) is 65.7 Å². The number of fused-ring (bicyclic) bond motifs is 2. The Hall–Kier alpha value is -3.08. The summed E-state index contributed by atoms with van der Waals surface area (Å²) in [5.74, 6) is -0.128. The van der Waals surface area contributed by atoms with E-state index in [1.54, 1.807) is 48.5 Å². The number of hydrogen-bond donors (Lipinski definition) is 0. The molecule has 0 saturated heterocycles. The topological polar surface area (TPSA) is 73.1 Å². The minimum absolute atomic E-state index is 0.0641. The molecule has 0 amide bonds. The van der Waals surface area contributed by atoms with E-state index in [0.717, 1.165) is 0 Å². The van der Waals surface area contributed by atoms with Gasteiger partial charge >= 0.3 is 0 Å². The second-order valence-electron chi connectivity index (χ2n) is 4.33. The molecule has 2 aromatic carbocycles. The quantitative estimate of drug-likeness (QED) is 0.494. The summed E-state index contributed by atoms with van der Waals surface area (Å²) < 4.78 is 4.36. The Morgan fingerprint density at radius 2 is 0.952 bits per heavy atom. The lowest BCUT2D eigenvalue weighted by atomic mass is 9.84. The third kappa shape index (κ3) is 2.36. The SMILES string of the molecule is O=C1c2ccccc2C(=O)c2ccccc21.c1nnco1. The number of carbonyl (C=O) groups is 2. The van der Waals surface area contributed by atoms with Gasteiger partial charge in [-0.2, -0.15) is 0 Å². The van der Waals surface area contributed by atoms with Gasteiger partial charge in [-0.15, -0.1) is 10.2 Å². The summed E-state index contributed by atoms with van der Waals surface area (Å²) in [6.45, 7) is 0. The maximum Gasteiger partial charge on any atom is 0.203 e. The zero-order chi connectivity index (χ0) is 14.7. The van der Waals surface area contributed by atoms with Gasteiger partial charge in [0.05, 0.1) is 0 Å². The fourth-order valence-corrected chi connectivity index (χ4v) is 2.18. The average molecular weight is 278 g/mol. The third-order valence-corrected chi connectivity index (χ3v) is 3.12. The highest BCUT2D eigenvalue weighted by Gasteiger charge is 2.28. The van der Waals surface area contributed by atoms with Crippen molar-refractivity contribution in [3.8, 4) is 0 Å². The summed E-state index contributed by atoms with van der Waals surface area (Å²) in [5, 5.41) is 6.61. The van der Waals surface area contributed by atoms with E-state index >= 15 is 0 Å². The van der Waals surface area contributed by atoms with Gasteiger partial charge in [-0.25, -0.2) is 0 Å². The zero-order valence-corrected chi connectivity index (χ0v) is 10.9. The molecular formula is C16H10N2O3. The van der Waals surface area contributed by atoms with Crippen molar-refractivity contribution < 1.29 is 14.0 Å². The molecule has 1 heterocycles. The molecule has 102 valence electrons. The minimum atomic E-state index is -0.0641. The van der Waals surface area contributed by atoms with E-state index in [4.69, 9.17) is 0 Å². The van der Waals surface area contributed by atoms with Gasteiger partial charge in [0.2, 0.25) is 12.8 Å². The first-order chi connectivity index (χ1) is 10.3. The summed E-state index contributed by atoms with van der Waals surface area (Å²) in [7, 11) is 0. The number of rotatable bonds is 0. The van der Waals surface area contributed by atoms with Crippen molar-refractivity contribution in [3.05, 3.63) is 83.6 Å². The van der Waals surface area contributed by atoms with E-state index in [2.05, 4.69) is 14.6 Å². The fourth-order valence-electron chi connectivity index (χ4n) is 2.18. The molecule has 3 aromatic rings. The fraction of sp³-hybridized carbons (Fsp3) is 0. The third-order valence-electron chi connectivity index (χ3n) is 3.12. The lowest BCUT2D eigenvalue weighted by Crippen LogP contribution is -2.20. The molecule has 0 N–H and O–H groups in total. The normalized spacial score (nSPS) is 12.0. The second-order valence-corrected chi connectivity index (χ2v) is 4.33. The Balaban J connectivity index is 0.000000225. The monoisotopic (exact) mass is 278 g/mol. The molecule has 0 bridgehead atoms. The van der Waals surface area contributed by atoms with Crippen molar-refractivity contribution in [1.29, 1.82) is 0 Å². The molecule has 1 aromatic heterocycles. The van der Waals surface area contributed by atoms with Gasteiger partial charge < -0.3 is 4.42 Å². The molecule has 21 heavy (non-hydrogen) atoms. The molecule has 0 saturated carbocycles. The number of hydrogen-bond acceptors (Lipinski definition) is 5. The number of aromatic nitrogens is 2. The largest absolute Gasteiger partial charge is 0.431 e. The number of carbonyl (C=O) groups excluding carboxylic acids is 2. The van der Waals surface area contributed by atoms with Crippen molar-refractivity contribution in [3.63, 3.8) is 0 Å². The van der Waals surface area contributed by atoms with Crippen LogP contribution in [0, 0.1) is 0 Å². The summed E-state index contributed by atoms with van der Waals surface area (Å²) in [5.41, 5.74) is 2.02. The predicted molar refractivity (Wildman–Crippen MR) is 74.0 cm³/mol. The molecule has 1 aliphatic carbocycles. The van der Waals surface area contributed by atoms with Crippen LogP contribution in [0.1, 0.15) is 31.8 Å². The highest BCUT2D eigenvalue weighted by molar-refractivity contribution is 6.28. The number of nitrogens with zero attached hydrogens (tertiary/aromatic N) is 2. The van der Waals surface area contributed by atoms with Gasteiger partial charge in [0.25, 0.3) is 0 Å². The standard InChI is InChI=1S/C14H8O2.C2H2N2O/c15-13-9-5-1-2-6-10(9)14(16)12-8-4-3-7-11(12)13;1-3-4-2-5-1/h1-8H;1-2H. The zero-order valence-electron chi connectivity index (χ0n) is 10.9. The van der Waals surface area contributed by atoms with Crippen LogP contribution in [0.2, 0.25) is 0 Å². The number of ketones is 2. The second kappa shape index (κ2) is 5.50. The van der Waals surface area contributed by atoms with Crippen LogP contribution in [0.5, 0.6) is 0 Å². The van der Waals surface area contributed by atoms with Crippen LogP contribution in [0.4, 0.5) is 0 Å². The molecule has 0 fully saturated rings. The lowest BCUT2D eigenvalue weighted by Gasteiger charge is -2.16. The van der Waals surface area contributed by atoms with E-state index in [1.165, 1.54) is 12.8 Å². The smallest absolute Gasteiger partial charge is 0.203 e. The summed E-state index contributed by atoms with van der Waals surface area (Å²) in [6.07, 6.45) is 2.53. The Labute approximate surface area is 120 Å². The Kier molecular flexibility index (Phi) is 3.39. The molecule has 1 aliphatic rings. The molecule has 5 nitrogen and oxygen atoms in total. The first-order valence-electron chi connectivity index (χ1n) is 6.25.